The van der Waals surface area contributed by atoms with Crippen LogP contribution in [0.15, 0.2) is 18.2 Å². The number of nitrogens with one attached hydrogen (secondary N) is 1. The molecule has 1 heterocycles. The number of halogens is 2. The quantitative estimate of drug-likeness (QED) is 0.862. The molecule has 0 aromatic heterocycles. The van der Waals surface area contributed by atoms with E-state index in [4.69, 9.17) is 27.9 Å². The largest absolute Gasteiger partial charge is 0.482 e. The van der Waals surface area contributed by atoms with Crippen molar-refractivity contribution in [1.82, 2.24) is 10.2 Å². The normalized spacial score (nSPS) is 17.7. The third kappa shape index (κ3) is 4.52. The first-order valence-corrected chi connectivity index (χ1v) is 7.90. The van der Waals surface area contributed by atoms with Crippen LogP contribution in [0.5, 0.6) is 5.75 Å². The number of benzene rings is 1. The third-order valence-corrected chi connectivity index (χ3v) is 3.86. The van der Waals surface area contributed by atoms with Crippen LogP contribution in [-0.4, -0.2) is 42.5 Å². The van der Waals surface area contributed by atoms with Gasteiger partial charge in [0.25, 0.3) is 5.91 Å². The van der Waals surface area contributed by atoms with E-state index in [0.29, 0.717) is 28.8 Å². The van der Waals surface area contributed by atoms with Gasteiger partial charge in [0.2, 0.25) is 5.91 Å². The van der Waals surface area contributed by atoms with Crippen LogP contribution in [-0.2, 0) is 9.59 Å². The van der Waals surface area contributed by atoms with Gasteiger partial charge in [0.05, 0.1) is 11.1 Å². The maximum absolute atomic E-state index is 11.9. The molecule has 1 saturated heterocycles. The molecule has 1 aromatic carbocycles. The summed E-state index contributed by atoms with van der Waals surface area (Å²) in [6.45, 7) is 3.14. The monoisotopic (exact) mass is 344 g/mol. The molecule has 1 fully saturated rings. The second kappa shape index (κ2) is 7.70. The third-order valence-electron chi connectivity index (χ3n) is 3.33. The second-order valence-electron chi connectivity index (χ2n) is 5.17. The van der Waals surface area contributed by atoms with Gasteiger partial charge in [-0.3, -0.25) is 9.59 Å². The Bertz CT molecular complexity index is 566. The number of rotatable bonds is 6. The van der Waals surface area contributed by atoms with Gasteiger partial charge in [0, 0.05) is 24.5 Å². The Morgan fingerprint density at radius 3 is 2.91 bits per heavy atom. The molecule has 0 radical (unpaired) electrons. The lowest BCUT2D eigenvalue weighted by Gasteiger charge is -2.16. The second-order valence-corrected chi connectivity index (χ2v) is 6.02. The molecule has 120 valence electrons. The van der Waals surface area contributed by atoms with Gasteiger partial charge in [-0.1, -0.05) is 30.1 Å². The fourth-order valence-electron chi connectivity index (χ4n) is 2.36. The maximum Gasteiger partial charge on any atom is 0.258 e. The van der Waals surface area contributed by atoms with E-state index in [2.05, 4.69) is 5.32 Å². The van der Waals surface area contributed by atoms with E-state index < -0.39 is 0 Å². The molecule has 1 aliphatic heterocycles. The zero-order valence-corrected chi connectivity index (χ0v) is 13.8. The first-order chi connectivity index (χ1) is 10.5. The molecule has 5 nitrogen and oxygen atoms in total. The van der Waals surface area contributed by atoms with Gasteiger partial charge in [0.1, 0.15) is 5.75 Å². The van der Waals surface area contributed by atoms with Crippen LogP contribution < -0.4 is 10.1 Å². The van der Waals surface area contributed by atoms with Gasteiger partial charge in [-0.05, 0) is 24.6 Å². The Hall–Kier alpha value is -1.46. The molecule has 0 unspecified atom stereocenters. The summed E-state index contributed by atoms with van der Waals surface area (Å²) in [5, 5.41) is 3.66. The fraction of sp³-hybridized carbons (Fsp3) is 0.467. The summed E-state index contributed by atoms with van der Waals surface area (Å²) in [7, 11) is 0. The summed E-state index contributed by atoms with van der Waals surface area (Å²) < 4.78 is 5.36. The van der Waals surface area contributed by atoms with Crippen LogP contribution in [0.2, 0.25) is 10.0 Å². The zero-order chi connectivity index (χ0) is 16.1. The summed E-state index contributed by atoms with van der Waals surface area (Å²) in [6.07, 6.45) is 1.25. The molecule has 0 bridgehead atoms. The Balaban J connectivity index is 1.80. The molecule has 0 spiro atoms. The summed E-state index contributed by atoms with van der Waals surface area (Å²) >= 11 is 11.8. The van der Waals surface area contributed by atoms with E-state index in [1.54, 1.807) is 23.1 Å². The van der Waals surface area contributed by atoms with Crippen molar-refractivity contribution >= 4 is 35.0 Å². The minimum absolute atomic E-state index is 0.0776. The van der Waals surface area contributed by atoms with Crippen molar-refractivity contribution in [2.75, 3.05) is 19.7 Å². The van der Waals surface area contributed by atoms with Crippen molar-refractivity contribution in [3.63, 3.8) is 0 Å². The van der Waals surface area contributed by atoms with Gasteiger partial charge in [-0.2, -0.15) is 0 Å². The number of hydrogen-bond acceptors (Lipinski definition) is 3. The fourth-order valence-corrected chi connectivity index (χ4v) is 2.82. The lowest BCUT2D eigenvalue weighted by Crippen LogP contribution is -2.39. The van der Waals surface area contributed by atoms with E-state index in [1.165, 1.54) is 0 Å². The molecular weight excluding hydrogens is 327 g/mol. The van der Waals surface area contributed by atoms with Crippen molar-refractivity contribution in [2.45, 2.75) is 25.8 Å². The summed E-state index contributed by atoms with van der Waals surface area (Å²) in [5.74, 6) is 0.201. The SMILES string of the molecule is CCCN1C[C@@H](NC(=O)COc2ccc(Cl)cc2Cl)CC1=O. The number of nitrogens with zero attached hydrogens (tertiary/aromatic N) is 1. The molecular formula is C15H18Cl2N2O3. The topological polar surface area (TPSA) is 58.6 Å². The van der Waals surface area contributed by atoms with E-state index in [0.717, 1.165) is 13.0 Å². The van der Waals surface area contributed by atoms with Crippen molar-refractivity contribution in [3.8, 4) is 5.75 Å². The van der Waals surface area contributed by atoms with Crippen LogP contribution in [0.25, 0.3) is 0 Å². The number of amides is 2. The average Bonchev–Trinajstić information content (AvgIpc) is 2.78. The van der Waals surface area contributed by atoms with E-state index in [1.807, 2.05) is 6.92 Å². The van der Waals surface area contributed by atoms with Crippen LogP contribution in [0.4, 0.5) is 0 Å². The van der Waals surface area contributed by atoms with Crippen molar-refractivity contribution in [2.24, 2.45) is 0 Å². The van der Waals surface area contributed by atoms with Gasteiger partial charge >= 0.3 is 0 Å². The number of carbonyl (C=O) groups is 2. The van der Waals surface area contributed by atoms with E-state index >= 15 is 0 Å². The van der Waals surface area contributed by atoms with Gasteiger partial charge < -0.3 is 15.0 Å². The number of likely N-dealkylation sites (tertiary alicyclic amines) is 1. The molecule has 2 amide bonds. The van der Waals surface area contributed by atoms with Crippen LogP contribution in [0.3, 0.4) is 0 Å². The van der Waals surface area contributed by atoms with Crippen LogP contribution >= 0.6 is 23.2 Å². The molecule has 7 heteroatoms. The summed E-state index contributed by atoms with van der Waals surface area (Å²) in [4.78, 5) is 25.4. The van der Waals surface area contributed by atoms with Crippen molar-refractivity contribution in [3.05, 3.63) is 28.2 Å². The van der Waals surface area contributed by atoms with Crippen molar-refractivity contribution < 1.29 is 14.3 Å². The first-order valence-electron chi connectivity index (χ1n) is 7.14. The van der Waals surface area contributed by atoms with E-state index in [-0.39, 0.29) is 24.5 Å². The predicted octanol–water partition coefficient (Wildman–Crippen LogP) is 2.50. The standard InChI is InChI=1S/C15H18Cl2N2O3/c1-2-5-19-8-11(7-15(19)21)18-14(20)9-22-13-4-3-10(16)6-12(13)17/h3-4,6,11H,2,5,7-9H2,1H3,(H,18,20)/t11-/m0/s1. The molecule has 22 heavy (non-hydrogen) atoms. The molecule has 0 aliphatic carbocycles. The molecule has 2 rings (SSSR count). The number of hydrogen-bond donors (Lipinski definition) is 1. The van der Waals surface area contributed by atoms with Crippen LogP contribution in [0, 0.1) is 0 Å². The van der Waals surface area contributed by atoms with Gasteiger partial charge in [-0.15, -0.1) is 0 Å². The minimum Gasteiger partial charge on any atom is -0.482 e. The van der Waals surface area contributed by atoms with E-state index in [9.17, 15) is 9.59 Å². The molecule has 1 aromatic rings. The highest BCUT2D eigenvalue weighted by molar-refractivity contribution is 6.35. The molecule has 1 atom stereocenters. The molecule has 1 N–H and O–H groups in total. The first kappa shape index (κ1) is 16.9. The number of ether oxygens (including phenoxy) is 1. The highest BCUT2D eigenvalue weighted by Gasteiger charge is 2.29. The molecule has 1 aliphatic rings. The van der Waals surface area contributed by atoms with Crippen molar-refractivity contribution in [1.29, 1.82) is 0 Å². The summed E-state index contributed by atoms with van der Waals surface area (Å²) in [6, 6.07) is 4.64. The summed E-state index contributed by atoms with van der Waals surface area (Å²) in [5.41, 5.74) is 0. The lowest BCUT2D eigenvalue weighted by atomic mass is 10.2. The molecule has 0 saturated carbocycles. The van der Waals surface area contributed by atoms with Gasteiger partial charge in [-0.25, -0.2) is 0 Å². The smallest absolute Gasteiger partial charge is 0.258 e. The average molecular weight is 345 g/mol. The maximum atomic E-state index is 11.9. The number of carbonyl (C=O) groups excluding carboxylic acids is 2. The van der Waals surface area contributed by atoms with Gasteiger partial charge in [0.15, 0.2) is 6.61 Å². The highest BCUT2D eigenvalue weighted by atomic mass is 35.5. The Morgan fingerprint density at radius 1 is 1.45 bits per heavy atom. The predicted molar refractivity (Wildman–Crippen MR) is 85.4 cm³/mol. The van der Waals surface area contributed by atoms with Crippen LogP contribution in [0.1, 0.15) is 19.8 Å². The highest BCUT2D eigenvalue weighted by Crippen LogP contribution is 2.27. The Labute approximate surface area is 139 Å². The lowest BCUT2D eigenvalue weighted by molar-refractivity contribution is -0.127. The minimum atomic E-state index is -0.276. The Kier molecular flexibility index (Phi) is 5.91. The zero-order valence-electron chi connectivity index (χ0n) is 12.3. The Morgan fingerprint density at radius 2 is 2.23 bits per heavy atom.